The molecule has 150 valence electrons. The number of rotatable bonds is 8. The molecule has 29 heavy (non-hydrogen) atoms. The van der Waals surface area contributed by atoms with Crippen molar-refractivity contribution in [1.29, 1.82) is 0 Å². The van der Waals surface area contributed by atoms with Crippen LogP contribution in [0.2, 0.25) is 0 Å². The predicted octanol–water partition coefficient (Wildman–Crippen LogP) is 4.05. The highest BCUT2D eigenvalue weighted by Crippen LogP contribution is 2.21. The third kappa shape index (κ3) is 5.31. The first-order chi connectivity index (χ1) is 13.9. The van der Waals surface area contributed by atoms with Crippen molar-refractivity contribution in [2.75, 3.05) is 18.5 Å². The number of hydrogen-bond donors (Lipinski definition) is 1. The van der Waals surface area contributed by atoms with E-state index in [2.05, 4.69) is 22.1 Å². The Morgan fingerprint density at radius 3 is 2.62 bits per heavy atom. The second kappa shape index (κ2) is 9.19. The highest BCUT2D eigenvalue weighted by atomic mass is 16.5. The second-order valence-electron chi connectivity index (χ2n) is 7.05. The molecule has 0 saturated carbocycles. The predicted molar refractivity (Wildman–Crippen MR) is 113 cm³/mol. The summed E-state index contributed by atoms with van der Waals surface area (Å²) < 4.78 is 5.89. The Morgan fingerprint density at radius 1 is 1.14 bits per heavy atom. The quantitative estimate of drug-likeness (QED) is 0.624. The summed E-state index contributed by atoms with van der Waals surface area (Å²) in [4.78, 5) is 22.2. The first-order valence-corrected chi connectivity index (χ1v) is 9.48. The van der Waals surface area contributed by atoms with Crippen LogP contribution in [0.25, 0.3) is 0 Å². The summed E-state index contributed by atoms with van der Waals surface area (Å²) in [5.41, 5.74) is 3.69. The fraction of sp³-hybridized carbons (Fsp3) is 0.261. The lowest BCUT2D eigenvalue weighted by Gasteiger charge is -2.18. The minimum Gasteiger partial charge on any atom is -0.487 e. The lowest BCUT2D eigenvalue weighted by atomic mass is 10.1. The molecule has 0 spiro atoms. The topological polar surface area (TPSA) is 75.5 Å². The molecule has 1 aromatic heterocycles. The molecule has 1 N–H and O–H groups in total. The summed E-state index contributed by atoms with van der Waals surface area (Å²) in [6.45, 7) is 4.72. The summed E-state index contributed by atoms with van der Waals surface area (Å²) in [6, 6.07) is 16.1. The van der Waals surface area contributed by atoms with E-state index in [4.69, 9.17) is 4.74 Å². The van der Waals surface area contributed by atoms with Crippen LogP contribution >= 0.6 is 0 Å². The molecular formula is C23H25N3O3. The molecule has 0 saturated heterocycles. The number of benzene rings is 2. The van der Waals surface area contributed by atoms with E-state index >= 15 is 0 Å². The maximum Gasteiger partial charge on any atom is 0.339 e. The van der Waals surface area contributed by atoms with Gasteiger partial charge < -0.3 is 14.7 Å². The first kappa shape index (κ1) is 20.3. The van der Waals surface area contributed by atoms with E-state index in [1.54, 1.807) is 0 Å². The van der Waals surface area contributed by atoms with E-state index in [0.29, 0.717) is 18.2 Å². The number of nitrogens with zero attached hydrogens (tertiary/aromatic N) is 3. The van der Waals surface area contributed by atoms with Gasteiger partial charge in [0.05, 0.1) is 5.69 Å². The first-order valence-electron chi connectivity index (χ1n) is 9.48. The highest BCUT2D eigenvalue weighted by Gasteiger charge is 2.16. The largest absolute Gasteiger partial charge is 0.487 e. The van der Waals surface area contributed by atoms with Crippen LogP contribution in [0.3, 0.4) is 0 Å². The number of anilines is 1. The van der Waals surface area contributed by atoms with Crippen LogP contribution in [0, 0.1) is 13.8 Å². The fourth-order valence-electron chi connectivity index (χ4n) is 2.93. The van der Waals surface area contributed by atoms with Crippen molar-refractivity contribution in [2.45, 2.75) is 26.9 Å². The number of hydrogen-bond acceptors (Lipinski definition) is 5. The average molecular weight is 391 g/mol. The molecule has 3 rings (SSSR count). The van der Waals surface area contributed by atoms with Crippen molar-refractivity contribution >= 4 is 11.9 Å². The van der Waals surface area contributed by atoms with Gasteiger partial charge in [-0.1, -0.05) is 42.5 Å². The Hall–Kier alpha value is -3.41. The van der Waals surface area contributed by atoms with Crippen LogP contribution in [0.1, 0.15) is 32.7 Å². The number of ether oxygens (including phenoxy) is 1. The molecule has 0 aliphatic rings. The van der Waals surface area contributed by atoms with Crippen molar-refractivity contribution in [2.24, 2.45) is 0 Å². The molecule has 0 atom stereocenters. The third-order valence-electron chi connectivity index (χ3n) is 4.71. The highest BCUT2D eigenvalue weighted by molar-refractivity contribution is 5.88. The minimum absolute atomic E-state index is 0.0514. The number of aryl methyl sites for hydroxylation is 2. The molecule has 0 radical (unpaired) electrons. The zero-order valence-corrected chi connectivity index (χ0v) is 16.9. The maximum atomic E-state index is 11.6. The maximum absolute atomic E-state index is 11.6. The normalized spacial score (nSPS) is 10.6. The van der Waals surface area contributed by atoms with Crippen molar-refractivity contribution in [1.82, 2.24) is 9.97 Å². The number of likely N-dealkylation sites (N-methyl/N-ethyl adjacent to an activating group) is 1. The second-order valence-corrected chi connectivity index (χ2v) is 7.05. The number of carbonyl (C=O) groups is 1. The standard InChI is InChI=1S/C23H25N3O3/c1-16-9-10-17(2)21(13-16)29-15-20-19(22(27)28)14-24-23(25-20)26(3)12-11-18-7-5-4-6-8-18/h4-10,13-14H,11-12,15H2,1-3H3,(H,27,28). The Morgan fingerprint density at radius 2 is 1.90 bits per heavy atom. The molecule has 0 bridgehead atoms. The summed E-state index contributed by atoms with van der Waals surface area (Å²) in [5.74, 6) is 0.132. The van der Waals surface area contributed by atoms with Gasteiger partial charge in [0.15, 0.2) is 0 Å². The molecular weight excluding hydrogens is 366 g/mol. The van der Waals surface area contributed by atoms with Gasteiger partial charge in [0.1, 0.15) is 17.9 Å². The average Bonchev–Trinajstić information content (AvgIpc) is 2.73. The van der Waals surface area contributed by atoms with Crippen LogP contribution in [-0.2, 0) is 13.0 Å². The Kier molecular flexibility index (Phi) is 6.44. The lowest BCUT2D eigenvalue weighted by Crippen LogP contribution is -2.24. The number of carboxylic acids is 1. The van der Waals surface area contributed by atoms with Gasteiger partial charge in [-0.2, -0.15) is 0 Å². The molecule has 6 heteroatoms. The van der Waals surface area contributed by atoms with Crippen LogP contribution in [0.15, 0.2) is 54.7 Å². The van der Waals surface area contributed by atoms with Crippen LogP contribution in [-0.4, -0.2) is 34.6 Å². The summed E-state index contributed by atoms with van der Waals surface area (Å²) in [6.07, 6.45) is 2.20. The van der Waals surface area contributed by atoms with Gasteiger partial charge in [-0.05, 0) is 43.0 Å². The molecule has 0 amide bonds. The Bertz CT molecular complexity index is 990. The van der Waals surface area contributed by atoms with E-state index in [-0.39, 0.29) is 12.2 Å². The minimum atomic E-state index is -1.07. The van der Waals surface area contributed by atoms with E-state index in [0.717, 1.165) is 23.3 Å². The third-order valence-corrected chi connectivity index (χ3v) is 4.71. The lowest BCUT2D eigenvalue weighted by molar-refractivity contribution is 0.0692. The van der Waals surface area contributed by atoms with Gasteiger partial charge in [-0.3, -0.25) is 0 Å². The fourth-order valence-corrected chi connectivity index (χ4v) is 2.93. The number of carboxylic acid groups (broad SMARTS) is 1. The molecule has 0 aliphatic heterocycles. The van der Waals surface area contributed by atoms with E-state index in [9.17, 15) is 9.90 Å². The molecule has 2 aromatic carbocycles. The van der Waals surface area contributed by atoms with Gasteiger partial charge in [0.2, 0.25) is 5.95 Å². The zero-order chi connectivity index (χ0) is 20.8. The van der Waals surface area contributed by atoms with Crippen molar-refractivity contribution < 1.29 is 14.6 Å². The monoisotopic (exact) mass is 391 g/mol. The Balaban J connectivity index is 1.76. The van der Waals surface area contributed by atoms with E-state index in [1.165, 1.54) is 11.8 Å². The van der Waals surface area contributed by atoms with Crippen molar-refractivity contribution in [3.63, 3.8) is 0 Å². The molecule has 1 heterocycles. The SMILES string of the molecule is Cc1ccc(C)c(OCc2nc(N(C)CCc3ccccc3)ncc2C(=O)O)c1. The molecule has 0 aliphatic carbocycles. The zero-order valence-electron chi connectivity index (χ0n) is 16.9. The summed E-state index contributed by atoms with van der Waals surface area (Å²) in [5, 5.41) is 9.49. The Labute approximate surface area is 170 Å². The van der Waals surface area contributed by atoms with Crippen LogP contribution in [0.5, 0.6) is 5.75 Å². The van der Waals surface area contributed by atoms with Gasteiger partial charge in [0, 0.05) is 19.8 Å². The van der Waals surface area contributed by atoms with Crippen molar-refractivity contribution in [3.05, 3.63) is 82.7 Å². The molecule has 0 fully saturated rings. The van der Waals surface area contributed by atoms with Gasteiger partial charge in [0.25, 0.3) is 0 Å². The molecule has 3 aromatic rings. The number of aromatic nitrogens is 2. The van der Waals surface area contributed by atoms with Gasteiger partial charge >= 0.3 is 5.97 Å². The smallest absolute Gasteiger partial charge is 0.339 e. The van der Waals surface area contributed by atoms with Gasteiger partial charge in [-0.15, -0.1) is 0 Å². The van der Waals surface area contributed by atoms with Crippen LogP contribution in [0.4, 0.5) is 5.95 Å². The van der Waals surface area contributed by atoms with Gasteiger partial charge in [-0.25, -0.2) is 14.8 Å². The van der Waals surface area contributed by atoms with E-state index in [1.807, 2.05) is 62.2 Å². The number of aromatic carboxylic acids is 1. The van der Waals surface area contributed by atoms with Crippen LogP contribution < -0.4 is 9.64 Å². The molecule has 6 nitrogen and oxygen atoms in total. The van der Waals surface area contributed by atoms with Crippen molar-refractivity contribution in [3.8, 4) is 5.75 Å². The molecule has 0 unspecified atom stereocenters. The van der Waals surface area contributed by atoms with E-state index < -0.39 is 5.97 Å². The summed E-state index contributed by atoms with van der Waals surface area (Å²) >= 11 is 0. The summed E-state index contributed by atoms with van der Waals surface area (Å²) in [7, 11) is 1.90.